The van der Waals surface area contributed by atoms with Crippen LogP contribution in [0.15, 0.2) is 24.3 Å². The number of benzene rings is 1. The number of amides is 1. The smallest absolute Gasteiger partial charge is 0.367 e. The number of anilines is 1. The summed E-state index contributed by atoms with van der Waals surface area (Å²) in [6.45, 7) is 3.50. The Balaban J connectivity index is 2.33. The highest BCUT2D eigenvalue weighted by atomic mass is 19.4. The molecule has 1 aromatic heterocycles. The van der Waals surface area contributed by atoms with Gasteiger partial charge in [-0.25, -0.2) is 0 Å². The maximum atomic E-state index is 13.1. The summed E-state index contributed by atoms with van der Waals surface area (Å²) in [5.41, 5.74) is 0.309. The van der Waals surface area contributed by atoms with Crippen molar-refractivity contribution in [2.24, 2.45) is 0 Å². The van der Waals surface area contributed by atoms with Gasteiger partial charge in [0, 0.05) is 23.9 Å². The number of hydrogen-bond acceptors (Lipinski definition) is 3. The average Bonchev–Trinajstić information content (AvgIpc) is 2.79. The molecule has 1 amide bonds. The van der Waals surface area contributed by atoms with Crippen molar-refractivity contribution in [2.75, 3.05) is 12.4 Å². The van der Waals surface area contributed by atoms with Gasteiger partial charge in [-0.05, 0) is 19.9 Å². The first-order valence-electron chi connectivity index (χ1n) is 6.77. The molecule has 2 N–H and O–H groups in total. The molecule has 0 radical (unpaired) electrons. The van der Waals surface area contributed by atoms with Gasteiger partial charge in [0.05, 0.1) is 5.56 Å². The van der Waals surface area contributed by atoms with E-state index in [-0.39, 0.29) is 11.4 Å². The van der Waals surface area contributed by atoms with Crippen molar-refractivity contribution >= 4 is 11.7 Å². The SMILES string of the molecule is COC(C(=O)Nc1n[nH]c(C)c1C)c1ccccc1C(F)(F)F. The third-order valence-corrected chi connectivity index (χ3v) is 3.52. The number of aryl methyl sites for hydroxylation is 1. The normalized spacial score (nSPS) is 13.0. The van der Waals surface area contributed by atoms with Crippen LogP contribution in [0.2, 0.25) is 0 Å². The Morgan fingerprint density at radius 2 is 1.96 bits per heavy atom. The van der Waals surface area contributed by atoms with Crippen molar-refractivity contribution in [1.29, 1.82) is 0 Å². The minimum Gasteiger partial charge on any atom is -0.367 e. The van der Waals surface area contributed by atoms with Gasteiger partial charge in [0.15, 0.2) is 11.9 Å². The van der Waals surface area contributed by atoms with Crippen molar-refractivity contribution in [1.82, 2.24) is 10.2 Å². The van der Waals surface area contributed by atoms with Gasteiger partial charge in [0.2, 0.25) is 0 Å². The number of carbonyl (C=O) groups excluding carboxylic acids is 1. The fourth-order valence-electron chi connectivity index (χ4n) is 2.15. The van der Waals surface area contributed by atoms with Gasteiger partial charge in [-0.15, -0.1) is 0 Å². The maximum Gasteiger partial charge on any atom is 0.416 e. The zero-order chi connectivity index (χ0) is 17.2. The number of H-pyrrole nitrogens is 1. The summed E-state index contributed by atoms with van der Waals surface area (Å²) in [6, 6.07) is 4.82. The number of ether oxygens (including phenoxy) is 1. The van der Waals surface area contributed by atoms with E-state index in [1.165, 1.54) is 25.3 Å². The van der Waals surface area contributed by atoms with Crippen LogP contribution in [0.3, 0.4) is 0 Å². The monoisotopic (exact) mass is 327 g/mol. The first-order valence-corrected chi connectivity index (χ1v) is 6.77. The van der Waals surface area contributed by atoms with Gasteiger partial charge >= 0.3 is 6.18 Å². The van der Waals surface area contributed by atoms with E-state index in [0.29, 0.717) is 5.56 Å². The van der Waals surface area contributed by atoms with E-state index in [0.717, 1.165) is 11.8 Å². The number of methoxy groups -OCH3 is 1. The Morgan fingerprint density at radius 3 is 2.48 bits per heavy atom. The first-order chi connectivity index (χ1) is 10.8. The molecule has 1 heterocycles. The standard InChI is InChI=1S/C15H16F3N3O2/c1-8-9(2)20-21-13(8)19-14(22)12(23-3)10-6-4-5-7-11(10)15(16,17)18/h4-7,12H,1-3H3,(H2,19,20,21,22). The third kappa shape index (κ3) is 3.53. The highest BCUT2D eigenvalue weighted by molar-refractivity contribution is 5.95. The lowest BCUT2D eigenvalue weighted by atomic mass is 10.0. The van der Waals surface area contributed by atoms with Crippen molar-refractivity contribution in [2.45, 2.75) is 26.1 Å². The quantitative estimate of drug-likeness (QED) is 0.905. The molecular formula is C15H16F3N3O2. The molecule has 23 heavy (non-hydrogen) atoms. The fourth-order valence-corrected chi connectivity index (χ4v) is 2.15. The second-order valence-corrected chi connectivity index (χ2v) is 5.01. The largest absolute Gasteiger partial charge is 0.416 e. The molecule has 1 unspecified atom stereocenters. The molecule has 2 rings (SSSR count). The highest BCUT2D eigenvalue weighted by Gasteiger charge is 2.37. The Kier molecular flexibility index (Phi) is 4.74. The second-order valence-electron chi connectivity index (χ2n) is 5.01. The van der Waals surface area contributed by atoms with Crippen LogP contribution in [0.5, 0.6) is 0 Å². The van der Waals surface area contributed by atoms with Gasteiger partial charge in [-0.3, -0.25) is 9.89 Å². The summed E-state index contributed by atoms with van der Waals surface area (Å²) >= 11 is 0. The topological polar surface area (TPSA) is 67.0 Å². The van der Waals surface area contributed by atoms with Gasteiger partial charge in [-0.1, -0.05) is 18.2 Å². The minimum atomic E-state index is -4.58. The molecule has 0 aliphatic rings. The molecule has 5 nitrogen and oxygen atoms in total. The molecule has 0 aliphatic heterocycles. The molecule has 0 fully saturated rings. The van der Waals surface area contributed by atoms with E-state index in [2.05, 4.69) is 15.5 Å². The average molecular weight is 327 g/mol. The van der Waals surface area contributed by atoms with E-state index in [4.69, 9.17) is 4.74 Å². The van der Waals surface area contributed by atoms with Crippen molar-refractivity contribution in [3.63, 3.8) is 0 Å². The lowest BCUT2D eigenvalue weighted by Gasteiger charge is -2.19. The van der Waals surface area contributed by atoms with Crippen LogP contribution in [0.4, 0.5) is 19.0 Å². The van der Waals surface area contributed by atoms with E-state index < -0.39 is 23.8 Å². The predicted octanol–water partition coefficient (Wildman–Crippen LogP) is 3.37. The first kappa shape index (κ1) is 17.0. The van der Waals surface area contributed by atoms with Gasteiger partial charge in [0.1, 0.15) is 0 Å². The van der Waals surface area contributed by atoms with E-state index in [9.17, 15) is 18.0 Å². The van der Waals surface area contributed by atoms with Crippen LogP contribution in [0.1, 0.15) is 28.5 Å². The maximum absolute atomic E-state index is 13.1. The van der Waals surface area contributed by atoms with Crippen LogP contribution < -0.4 is 5.32 Å². The molecule has 0 spiro atoms. The van der Waals surface area contributed by atoms with Crippen LogP contribution in [0.25, 0.3) is 0 Å². The fraction of sp³-hybridized carbons (Fsp3) is 0.333. The van der Waals surface area contributed by atoms with Crippen molar-refractivity contribution < 1.29 is 22.7 Å². The molecule has 1 aromatic carbocycles. The second kappa shape index (κ2) is 6.41. The van der Waals surface area contributed by atoms with Crippen LogP contribution in [0, 0.1) is 13.8 Å². The molecule has 0 saturated carbocycles. The number of aromatic amines is 1. The Morgan fingerprint density at radius 1 is 1.30 bits per heavy atom. The molecule has 8 heteroatoms. The predicted molar refractivity (Wildman–Crippen MR) is 77.9 cm³/mol. The summed E-state index contributed by atoms with van der Waals surface area (Å²) < 4.78 is 44.3. The zero-order valence-electron chi connectivity index (χ0n) is 12.8. The van der Waals surface area contributed by atoms with Crippen LogP contribution in [-0.2, 0) is 15.7 Å². The molecule has 1 atom stereocenters. The van der Waals surface area contributed by atoms with Crippen LogP contribution in [-0.4, -0.2) is 23.2 Å². The van der Waals surface area contributed by atoms with Gasteiger partial charge < -0.3 is 10.1 Å². The minimum absolute atomic E-state index is 0.245. The summed E-state index contributed by atoms with van der Waals surface area (Å²) in [7, 11) is 1.18. The summed E-state index contributed by atoms with van der Waals surface area (Å²) in [6.07, 6.45) is -5.98. The third-order valence-electron chi connectivity index (χ3n) is 3.52. The zero-order valence-corrected chi connectivity index (χ0v) is 12.8. The Labute approximate surface area is 130 Å². The van der Waals surface area contributed by atoms with Crippen molar-refractivity contribution in [3.05, 3.63) is 46.6 Å². The number of aromatic nitrogens is 2. The molecule has 0 bridgehead atoms. The van der Waals surface area contributed by atoms with Gasteiger partial charge in [-0.2, -0.15) is 18.3 Å². The number of nitrogens with one attached hydrogen (secondary N) is 2. The number of carbonyl (C=O) groups is 1. The van der Waals surface area contributed by atoms with Crippen molar-refractivity contribution in [3.8, 4) is 0 Å². The molecule has 124 valence electrons. The summed E-state index contributed by atoms with van der Waals surface area (Å²) in [4.78, 5) is 12.3. The molecule has 2 aromatic rings. The number of halogens is 3. The molecule has 0 aliphatic carbocycles. The Hall–Kier alpha value is -2.35. The lowest BCUT2D eigenvalue weighted by molar-refractivity contribution is -0.140. The Bertz CT molecular complexity index is 710. The number of alkyl halides is 3. The van der Waals surface area contributed by atoms with Gasteiger partial charge in [0.25, 0.3) is 5.91 Å². The van der Waals surface area contributed by atoms with E-state index >= 15 is 0 Å². The van der Waals surface area contributed by atoms with Crippen LogP contribution >= 0.6 is 0 Å². The summed E-state index contributed by atoms with van der Waals surface area (Å²) in [5, 5.41) is 9.08. The number of rotatable bonds is 4. The van der Waals surface area contributed by atoms with E-state index in [1.54, 1.807) is 13.8 Å². The number of hydrogen-bond donors (Lipinski definition) is 2. The molecular weight excluding hydrogens is 311 g/mol. The summed E-state index contributed by atoms with van der Waals surface area (Å²) in [5.74, 6) is -0.460. The molecule has 0 saturated heterocycles. The van der Waals surface area contributed by atoms with E-state index in [1.807, 2.05) is 0 Å². The number of nitrogens with zero attached hydrogens (tertiary/aromatic N) is 1. The highest BCUT2D eigenvalue weighted by Crippen LogP contribution is 2.35. The lowest BCUT2D eigenvalue weighted by Crippen LogP contribution is -2.25.